The largest absolute Gasteiger partial charge is 0.367 e. The zero-order valence-electron chi connectivity index (χ0n) is 17.4. The van der Waals surface area contributed by atoms with Crippen LogP contribution >= 0.6 is 0 Å². The summed E-state index contributed by atoms with van der Waals surface area (Å²) >= 11 is 0. The molecule has 0 aromatic heterocycles. The Bertz CT molecular complexity index is 981. The summed E-state index contributed by atoms with van der Waals surface area (Å²) in [6.45, 7) is 4.43. The molecule has 0 bridgehead atoms. The third-order valence-electron chi connectivity index (χ3n) is 8.12. The van der Waals surface area contributed by atoms with Gasteiger partial charge >= 0.3 is 0 Å². The Balaban J connectivity index is 1.12. The van der Waals surface area contributed by atoms with Crippen molar-refractivity contribution in [3.05, 3.63) is 65.0 Å². The second-order valence-corrected chi connectivity index (χ2v) is 9.76. The Kier molecular flexibility index (Phi) is 4.28. The van der Waals surface area contributed by atoms with E-state index >= 15 is 0 Å². The number of fused-ring (bicyclic) bond motifs is 4. The van der Waals surface area contributed by atoms with Crippen molar-refractivity contribution in [2.24, 2.45) is 0 Å². The summed E-state index contributed by atoms with van der Waals surface area (Å²) in [4.78, 5) is 17.7. The number of para-hydroxylation sites is 1. The summed E-state index contributed by atoms with van der Waals surface area (Å²) in [5.41, 5.74) is 5.93. The van der Waals surface area contributed by atoms with Gasteiger partial charge in [-0.3, -0.25) is 4.79 Å². The molecule has 0 amide bonds. The monoisotopic (exact) mass is 404 g/mol. The fourth-order valence-electron chi connectivity index (χ4n) is 6.32. The van der Waals surface area contributed by atoms with Crippen LogP contribution in [0.1, 0.15) is 65.9 Å². The first kappa shape index (κ1) is 18.6. The van der Waals surface area contributed by atoms with Crippen LogP contribution in [0.15, 0.2) is 42.5 Å². The average Bonchev–Trinajstić information content (AvgIpc) is 3.48. The lowest BCUT2D eigenvalue weighted by molar-refractivity contribution is 0.0971. The fourth-order valence-corrected chi connectivity index (χ4v) is 6.32. The maximum absolute atomic E-state index is 13.1. The van der Waals surface area contributed by atoms with Crippen LogP contribution in [-0.4, -0.2) is 42.9 Å². The first-order valence-electron chi connectivity index (χ1n) is 11.6. The van der Waals surface area contributed by atoms with E-state index in [4.69, 9.17) is 0 Å². The number of benzene rings is 2. The van der Waals surface area contributed by atoms with E-state index in [0.29, 0.717) is 29.4 Å². The lowest BCUT2D eigenvalue weighted by Gasteiger charge is -2.41. The van der Waals surface area contributed by atoms with E-state index in [1.54, 1.807) is 28.9 Å². The van der Waals surface area contributed by atoms with E-state index in [1.165, 1.54) is 44.4 Å². The summed E-state index contributed by atoms with van der Waals surface area (Å²) in [5.74, 6) is 0.433. The van der Waals surface area contributed by atoms with E-state index in [2.05, 4.69) is 28.0 Å². The third kappa shape index (κ3) is 2.91. The van der Waals surface area contributed by atoms with Gasteiger partial charge in [0.2, 0.25) is 0 Å². The molecule has 4 aliphatic rings. The molecule has 1 saturated carbocycles. The molecule has 1 spiro atoms. The van der Waals surface area contributed by atoms with Crippen molar-refractivity contribution in [2.75, 3.05) is 31.1 Å². The first-order valence-corrected chi connectivity index (χ1v) is 11.6. The van der Waals surface area contributed by atoms with Gasteiger partial charge in [0.25, 0.3) is 0 Å². The van der Waals surface area contributed by atoms with Crippen LogP contribution < -0.4 is 4.90 Å². The number of carbonyl (C=O) groups is 1. The smallest absolute Gasteiger partial charge is 0.162 e. The number of Topliss-reactive ketones (excluding diaryl/α,β-unsaturated/α-hetero) is 1. The molecule has 3 heterocycles. The molecule has 0 N–H and O–H groups in total. The highest BCUT2D eigenvalue weighted by Gasteiger charge is 2.53. The normalized spacial score (nSPS) is 25.8. The van der Waals surface area contributed by atoms with Crippen LogP contribution in [0.5, 0.6) is 0 Å². The Morgan fingerprint density at radius 2 is 1.90 bits per heavy atom. The molecule has 3 nitrogen and oxygen atoms in total. The van der Waals surface area contributed by atoms with Gasteiger partial charge in [-0.2, -0.15) is 0 Å². The summed E-state index contributed by atoms with van der Waals surface area (Å²) in [6, 6.07) is 13.7. The standard InChI is InChI=1S/C26H29FN2O/c27-19-8-6-18(7-9-19)24(30)5-2-14-28-15-10-23-21(17-28)20-3-1-4-22-25(20)29(23)16-13-26(22)11-12-26/h1,3-4,6-9,21,23H,2,5,10-17H2/t21-,23-/m0/s1. The van der Waals surface area contributed by atoms with Gasteiger partial charge < -0.3 is 9.80 Å². The number of halogens is 1. The molecule has 2 atom stereocenters. The van der Waals surface area contributed by atoms with E-state index in [1.807, 2.05) is 0 Å². The van der Waals surface area contributed by atoms with Gasteiger partial charge in [-0.1, -0.05) is 18.2 Å². The second-order valence-electron chi connectivity index (χ2n) is 9.76. The van der Waals surface area contributed by atoms with Crippen molar-refractivity contribution in [1.29, 1.82) is 0 Å². The number of carbonyl (C=O) groups excluding carboxylic acids is 1. The molecule has 2 aromatic carbocycles. The zero-order valence-corrected chi connectivity index (χ0v) is 17.4. The maximum atomic E-state index is 13.1. The van der Waals surface area contributed by atoms with Crippen molar-refractivity contribution in [3.8, 4) is 0 Å². The number of rotatable bonds is 5. The van der Waals surface area contributed by atoms with Crippen molar-refractivity contribution < 1.29 is 9.18 Å². The first-order chi connectivity index (χ1) is 14.6. The van der Waals surface area contributed by atoms with Crippen LogP contribution in [0.2, 0.25) is 0 Å². The molecule has 3 aliphatic heterocycles. The van der Waals surface area contributed by atoms with Crippen molar-refractivity contribution >= 4 is 11.5 Å². The number of nitrogens with zero attached hydrogens (tertiary/aromatic N) is 2. The van der Waals surface area contributed by atoms with Crippen LogP contribution in [0.3, 0.4) is 0 Å². The van der Waals surface area contributed by atoms with Gasteiger partial charge in [0.05, 0.1) is 0 Å². The molecular weight excluding hydrogens is 375 g/mol. The molecule has 2 fully saturated rings. The number of hydrogen-bond donors (Lipinski definition) is 0. The van der Waals surface area contributed by atoms with Gasteiger partial charge in [-0.25, -0.2) is 4.39 Å². The summed E-state index contributed by atoms with van der Waals surface area (Å²) in [5, 5.41) is 0. The molecule has 4 heteroatoms. The van der Waals surface area contributed by atoms with Gasteiger partial charge in [0, 0.05) is 49.3 Å². The van der Waals surface area contributed by atoms with Gasteiger partial charge in [0.15, 0.2) is 5.78 Å². The van der Waals surface area contributed by atoms with Crippen LogP contribution in [0.4, 0.5) is 10.1 Å². The lowest BCUT2D eigenvalue weighted by atomic mass is 9.85. The molecule has 2 aromatic rings. The number of hydrogen-bond acceptors (Lipinski definition) is 3. The SMILES string of the molecule is O=C(CCCN1CC[C@H]2[C@@H](C1)c1cccc3c1N2CCC31CC1)c1ccc(F)cc1. The lowest BCUT2D eigenvalue weighted by Crippen LogP contribution is -2.48. The van der Waals surface area contributed by atoms with Crippen molar-refractivity contribution in [3.63, 3.8) is 0 Å². The topological polar surface area (TPSA) is 23.6 Å². The summed E-state index contributed by atoms with van der Waals surface area (Å²) in [7, 11) is 0. The predicted octanol–water partition coefficient (Wildman–Crippen LogP) is 4.90. The third-order valence-corrected chi connectivity index (χ3v) is 8.12. The van der Waals surface area contributed by atoms with E-state index in [-0.39, 0.29) is 11.6 Å². The van der Waals surface area contributed by atoms with Crippen molar-refractivity contribution in [2.45, 2.75) is 55.9 Å². The highest BCUT2D eigenvalue weighted by molar-refractivity contribution is 5.95. The second kappa shape index (κ2) is 6.91. The maximum Gasteiger partial charge on any atom is 0.162 e. The molecule has 6 rings (SSSR count). The van der Waals surface area contributed by atoms with Crippen LogP contribution in [0.25, 0.3) is 0 Å². The summed E-state index contributed by atoms with van der Waals surface area (Å²) < 4.78 is 13.1. The number of anilines is 1. The predicted molar refractivity (Wildman–Crippen MR) is 117 cm³/mol. The molecule has 0 radical (unpaired) electrons. The minimum absolute atomic E-state index is 0.118. The zero-order chi connectivity index (χ0) is 20.3. The quantitative estimate of drug-likeness (QED) is 0.662. The average molecular weight is 405 g/mol. The summed E-state index contributed by atoms with van der Waals surface area (Å²) in [6.07, 6.45) is 6.71. The van der Waals surface area contributed by atoms with Gasteiger partial charge in [0.1, 0.15) is 5.82 Å². The van der Waals surface area contributed by atoms with Crippen LogP contribution in [0, 0.1) is 5.82 Å². The Morgan fingerprint density at radius 3 is 2.70 bits per heavy atom. The molecule has 0 unspecified atom stereocenters. The van der Waals surface area contributed by atoms with Gasteiger partial charge in [-0.05, 0) is 79.5 Å². The number of piperidine rings is 1. The van der Waals surface area contributed by atoms with Crippen molar-refractivity contribution in [1.82, 2.24) is 4.90 Å². The Labute approximate surface area is 177 Å². The molecule has 1 aliphatic carbocycles. The molecular formula is C26H29FN2O. The minimum atomic E-state index is -0.292. The molecule has 1 saturated heterocycles. The van der Waals surface area contributed by atoms with Gasteiger partial charge in [-0.15, -0.1) is 0 Å². The van der Waals surface area contributed by atoms with Crippen LogP contribution in [-0.2, 0) is 5.41 Å². The molecule has 156 valence electrons. The highest BCUT2D eigenvalue weighted by atomic mass is 19.1. The number of ketones is 1. The highest BCUT2D eigenvalue weighted by Crippen LogP contribution is 2.60. The minimum Gasteiger partial charge on any atom is -0.367 e. The van der Waals surface area contributed by atoms with E-state index in [0.717, 1.165) is 26.1 Å². The Hall–Kier alpha value is -2.20. The van der Waals surface area contributed by atoms with E-state index in [9.17, 15) is 9.18 Å². The fraction of sp³-hybridized carbons (Fsp3) is 0.500. The van der Waals surface area contributed by atoms with E-state index < -0.39 is 0 Å². The molecule has 30 heavy (non-hydrogen) atoms. The Morgan fingerprint density at radius 1 is 1.07 bits per heavy atom. The number of likely N-dealkylation sites (tertiary alicyclic amines) is 1.